The molecule has 0 bridgehead atoms. The minimum Gasteiger partial charge on any atom is -0.496 e. The number of carbonyl (C=O) groups is 7. The first-order valence-corrected chi connectivity index (χ1v) is 22.4. The van der Waals surface area contributed by atoms with E-state index in [0.717, 1.165) is 75.6 Å². The van der Waals surface area contributed by atoms with E-state index in [9.17, 15) is 33.6 Å². The highest BCUT2D eigenvalue weighted by Crippen LogP contribution is 2.46. The second-order valence-corrected chi connectivity index (χ2v) is 16.0. The van der Waals surface area contributed by atoms with Crippen LogP contribution in [0.2, 0.25) is 0 Å². The largest absolute Gasteiger partial charge is 0.496 e. The Balaban J connectivity index is 1.42. The Kier molecular flexibility index (Phi) is 21.2. The molecule has 0 radical (unpaired) electrons. The average Bonchev–Trinajstić information content (AvgIpc) is 3.29. The lowest BCUT2D eigenvalue weighted by atomic mass is 9.91. The Morgan fingerprint density at radius 1 is 0.754 bits per heavy atom. The summed E-state index contributed by atoms with van der Waals surface area (Å²) in [6.45, 7) is 5.48. The van der Waals surface area contributed by atoms with E-state index in [0.29, 0.717) is 43.9 Å². The zero-order chi connectivity index (χ0) is 50.6. The van der Waals surface area contributed by atoms with E-state index in [-0.39, 0.29) is 25.3 Å². The number of unbranched alkanes of at least 4 members (excludes halogenated alkanes) is 1. The molecule has 1 amide bonds. The normalized spacial score (nSPS) is 11.7. The summed E-state index contributed by atoms with van der Waals surface area (Å²) in [6, 6.07) is 15.0. The summed E-state index contributed by atoms with van der Waals surface area (Å²) in [5, 5.41) is 4.65. The summed E-state index contributed by atoms with van der Waals surface area (Å²) in [5.41, 5.74) is 6.53. The van der Waals surface area contributed by atoms with Gasteiger partial charge >= 0.3 is 35.8 Å². The van der Waals surface area contributed by atoms with E-state index in [4.69, 9.17) is 28.1 Å². The standard InChI is InChI=1S/C49H63N5O15/c1-10-53(41-25-42(62-9)39(22-31(41)2)48-37-18-16-35(50-6)23-43(37)69-44-24-36(52(7)8)17-19-38(44)48)21-13-15-45(58)51-20-12-11-14-40(49(61)68-30-65-34(5)57)54(26-46(59)66-28-63-32(3)55)27-47(60)67-29-64-33(4)56/h16-19,22-25,40H,10-15,20-21,26-30H2,1-9H3,(H,51,58). The molecule has 2 aromatic rings. The molecule has 1 atom stereocenters. The molecule has 1 N–H and O–H groups in total. The molecule has 20 heteroatoms. The van der Waals surface area contributed by atoms with Crippen LogP contribution >= 0.6 is 0 Å². The molecule has 374 valence electrons. The number of aryl methyl sites for hydroxylation is 1. The molecule has 69 heavy (non-hydrogen) atoms. The Labute approximate surface area is 401 Å². The van der Waals surface area contributed by atoms with Gasteiger partial charge in [-0.2, -0.15) is 0 Å². The van der Waals surface area contributed by atoms with Gasteiger partial charge in [-0.1, -0.05) is 0 Å². The number of nitrogens with zero attached hydrogens (tertiary/aromatic N) is 4. The summed E-state index contributed by atoms with van der Waals surface area (Å²) >= 11 is 0. The molecule has 4 rings (SSSR count). The van der Waals surface area contributed by atoms with Gasteiger partial charge in [-0.15, -0.1) is 0 Å². The number of anilines is 2. The summed E-state index contributed by atoms with van der Waals surface area (Å²) in [7, 11) is 7.36. The number of esters is 6. The lowest BCUT2D eigenvalue weighted by Crippen LogP contribution is -2.48. The van der Waals surface area contributed by atoms with Crippen molar-refractivity contribution < 1.29 is 71.1 Å². The molecule has 0 saturated carbocycles. The molecule has 0 fully saturated rings. The molecule has 2 aromatic carbocycles. The first-order chi connectivity index (χ1) is 32.9. The number of ether oxygens (including phenoxy) is 7. The van der Waals surface area contributed by atoms with Gasteiger partial charge in [0.2, 0.25) is 26.3 Å². The van der Waals surface area contributed by atoms with Crippen molar-refractivity contribution in [2.45, 2.75) is 72.8 Å². The fourth-order valence-corrected chi connectivity index (χ4v) is 7.39. The lowest BCUT2D eigenvalue weighted by molar-refractivity contribution is -0.172. The van der Waals surface area contributed by atoms with Gasteiger partial charge in [0, 0.05) is 120 Å². The maximum absolute atomic E-state index is 13.3. The summed E-state index contributed by atoms with van der Waals surface area (Å²) in [4.78, 5) is 95.1. The fraction of sp³-hybridized carbons (Fsp3) is 0.469. The number of rotatable bonds is 26. The summed E-state index contributed by atoms with van der Waals surface area (Å²) in [6.07, 6.45) is 1.48. The zero-order valence-electron chi connectivity index (χ0n) is 40.8. The van der Waals surface area contributed by atoms with Gasteiger partial charge in [0.15, 0.2) is 0 Å². The van der Waals surface area contributed by atoms with Crippen molar-refractivity contribution in [3.63, 3.8) is 0 Å². The topological polar surface area (TPSA) is 231 Å². The van der Waals surface area contributed by atoms with Gasteiger partial charge in [-0.3, -0.25) is 43.5 Å². The number of hydrogen-bond donors (Lipinski definition) is 1. The Bertz CT molecular complexity index is 2450. The summed E-state index contributed by atoms with van der Waals surface area (Å²) < 4.78 is 41.5. The van der Waals surface area contributed by atoms with Crippen molar-refractivity contribution in [1.29, 1.82) is 0 Å². The van der Waals surface area contributed by atoms with E-state index in [1.807, 2.05) is 49.3 Å². The van der Waals surface area contributed by atoms with Gasteiger partial charge in [0.25, 0.3) is 0 Å². The Morgan fingerprint density at radius 3 is 1.97 bits per heavy atom. The maximum atomic E-state index is 13.3. The number of amides is 1. The van der Waals surface area contributed by atoms with Crippen LogP contribution in [0.25, 0.3) is 33.4 Å². The van der Waals surface area contributed by atoms with Gasteiger partial charge in [-0.05, 0) is 75.4 Å². The highest BCUT2D eigenvalue weighted by Gasteiger charge is 2.32. The van der Waals surface area contributed by atoms with E-state index in [1.54, 1.807) is 14.2 Å². The fourth-order valence-electron chi connectivity index (χ4n) is 7.39. The smallest absolute Gasteiger partial charge is 0.326 e. The van der Waals surface area contributed by atoms with Crippen molar-refractivity contribution in [3.8, 4) is 28.2 Å². The van der Waals surface area contributed by atoms with Gasteiger partial charge in [0.05, 0.1) is 25.6 Å². The van der Waals surface area contributed by atoms with Crippen LogP contribution in [-0.2, 0) is 62.0 Å². The number of methoxy groups -OCH3 is 1. The van der Waals surface area contributed by atoms with Crippen LogP contribution in [-0.4, -0.2) is 134 Å². The molecule has 1 unspecified atom stereocenters. The van der Waals surface area contributed by atoms with Gasteiger partial charge in [0.1, 0.15) is 23.1 Å². The number of fused-ring (bicyclic) bond motifs is 2. The average molecular weight is 962 g/mol. The second-order valence-electron chi connectivity index (χ2n) is 16.0. The van der Waals surface area contributed by atoms with Crippen molar-refractivity contribution in [1.82, 2.24) is 10.2 Å². The van der Waals surface area contributed by atoms with Crippen molar-refractivity contribution in [2.75, 3.05) is 91.2 Å². The van der Waals surface area contributed by atoms with Crippen LogP contribution in [0.3, 0.4) is 0 Å². The maximum Gasteiger partial charge on any atom is 0.326 e. The predicted octanol–water partition coefficient (Wildman–Crippen LogP) is 4.87. The third kappa shape index (κ3) is 16.5. The van der Waals surface area contributed by atoms with Crippen LogP contribution in [0.15, 0.2) is 57.9 Å². The lowest BCUT2D eigenvalue weighted by Gasteiger charge is -2.28. The van der Waals surface area contributed by atoms with E-state index >= 15 is 0 Å². The van der Waals surface area contributed by atoms with Crippen LogP contribution < -0.4 is 25.2 Å². The van der Waals surface area contributed by atoms with Crippen LogP contribution in [0.5, 0.6) is 5.75 Å². The SMILES string of the molecule is CCN(CCCC(=O)NCCCCC(C(=O)OCOC(C)=O)N(CC(=O)OCOC(C)=O)CC(=O)OCOC(C)=O)c1cc(OC)c(-c2c3ccc(=NC)cc-3oc3cc(N(C)C)ccc23)cc1C. The monoisotopic (exact) mass is 961 g/mol. The Morgan fingerprint density at radius 2 is 1.39 bits per heavy atom. The molecule has 1 aliphatic carbocycles. The number of benzene rings is 3. The highest BCUT2D eigenvalue weighted by molar-refractivity contribution is 6.04. The van der Waals surface area contributed by atoms with Crippen LogP contribution in [0.1, 0.15) is 65.4 Å². The zero-order valence-corrected chi connectivity index (χ0v) is 40.8. The van der Waals surface area contributed by atoms with Gasteiger partial charge in [-0.25, -0.2) is 0 Å². The van der Waals surface area contributed by atoms with Gasteiger partial charge < -0.3 is 52.7 Å². The second kappa shape index (κ2) is 26.9. The van der Waals surface area contributed by atoms with Crippen LogP contribution in [0.4, 0.5) is 11.4 Å². The first-order valence-electron chi connectivity index (χ1n) is 22.4. The van der Waals surface area contributed by atoms with E-state index < -0.39 is 75.3 Å². The predicted molar refractivity (Wildman–Crippen MR) is 253 cm³/mol. The molecular formula is C49H63N5O15. The quantitative estimate of drug-likeness (QED) is 0.0291. The third-order valence-electron chi connectivity index (χ3n) is 10.8. The minimum absolute atomic E-state index is 0.00966. The Hall–Kier alpha value is -7.22. The van der Waals surface area contributed by atoms with Crippen LogP contribution in [0, 0.1) is 6.92 Å². The van der Waals surface area contributed by atoms with E-state index in [1.165, 1.54) is 0 Å². The number of carbonyl (C=O) groups excluding carboxylic acids is 7. The molecule has 2 aliphatic rings. The molecule has 1 aliphatic heterocycles. The molecular weight excluding hydrogens is 899 g/mol. The molecule has 0 spiro atoms. The highest BCUT2D eigenvalue weighted by atomic mass is 16.7. The first kappa shape index (κ1) is 54.4. The number of hydrogen-bond acceptors (Lipinski definition) is 19. The van der Waals surface area contributed by atoms with Crippen molar-refractivity contribution >= 4 is 64.1 Å². The molecule has 0 aromatic heterocycles. The van der Waals surface area contributed by atoms with Crippen molar-refractivity contribution in [2.24, 2.45) is 4.99 Å². The molecule has 1 heterocycles. The molecule has 20 nitrogen and oxygen atoms in total. The molecule has 0 saturated heterocycles. The minimum atomic E-state index is -1.28. The van der Waals surface area contributed by atoms with E-state index in [2.05, 4.69) is 56.7 Å². The summed E-state index contributed by atoms with van der Waals surface area (Å²) in [5.74, 6) is -3.79. The number of nitrogens with one attached hydrogen (secondary N) is 1. The van der Waals surface area contributed by atoms with Crippen molar-refractivity contribution in [3.05, 3.63) is 59.5 Å². The third-order valence-corrected chi connectivity index (χ3v) is 10.8.